The molecule has 1 aliphatic heterocycles. The lowest BCUT2D eigenvalue weighted by Gasteiger charge is -2.33. The van der Waals surface area contributed by atoms with Crippen molar-refractivity contribution >= 4 is 23.0 Å². The molecule has 2 aromatic rings. The predicted molar refractivity (Wildman–Crippen MR) is 98.5 cm³/mol. The lowest BCUT2D eigenvalue weighted by Crippen LogP contribution is -2.43. The molecular formula is C20H27N3O2. The van der Waals surface area contributed by atoms with E-state index in [1.807, 2.05) is 24.3 Å². The van der Waals surface area contributed by atoms with E-state index < -0.39 is 0 Å². The number of benzene rings is 1. The number of anilines is 1. The molecule has 0 bridgehead atoms. The molecule has 1 aromatic carbocycles. The second-order valence-corrected chi connectivity index (χ2v) is 7.45. The fourth-order valence-corrected chi connectivity index (χ4v) is 3.74. The van der Waals surface area contributed by atoms with E-state index in [1.54, 1.807) is 0 Å². The fourth-order valence-electron chi connectivity index (χ4n) is 3.74. The molecule has 0 unspecified atom stereocenters. The third-order valence-electron chi connectivity index (χ3n) is 5.38. The summed E-state index contributed by atoms with van der Waals surface area (Å²) in [7, 11) is 0. The summed E-state index contributed by atoms with van der Waals surface area (Å²) in [5.41, 5.74) is 1.73. The van der Waals surface area contributed by atoms with Gasteiger partial charge in [0.25, 0.3) is 6.01 Å². The average Bonchev–Trinajstić information content (AvgIpc) is 3.36. The first-order chi connectivity index (χ1) is 12.2. The van der Waals surface area contributed by atoms with Crippen LogP contribution in [-0.2, 0) is 4.79 Å². The summed E-state index contributed by atoms with van der Waals surface area (Å²) < 4.78 is 5.87. The van der Waals surface area contributed by atoms with E-state index in [1.165, 1.54) is 12.8 Å². The minimum absolute atomic E-state index is 0.158. The molecule has 5 heteroatoms. The Morgan fingerprint density at radius 1 is 1.24 bits per heavy atom. The van der Waals surface area contributed by atoms with E-state index in [-0.39, 0.29) is 5.92 Å². The molecule has 2 heterocycles. The van der Waals surface area contributed by atoms with Crippen molar-refractivity contribution in [3.63, 3.8) is 0 Å². The minimum Gasteiger partial charge on any atom is -0.423 e. The van der Waals surface area contributed by atoms with Crippen LogP contribution in [0.3, 0.4) is 0 Å². The molecule has 4 rings (SSSR count). The van der Waals surface area contributed by atoms with Crippen LogP contribution in [0, 0.1) is 11.8 Å². The van der Waals surface area contributed by atoms with Crippen molar-refractivity contribution < 1.29 is 9.21 Å². The van der Waals surface area contributed by atoms with Gasteiger partial charge in [-0.05, 0) is 50.2 Å². The summed E-state index contributed by atoms with van der Waals surface area (Å²) in [4.78, 5) is 21.8. The normalized spacial score (nSPS) is 18.7. The van der Waals surface area contributed by atoms with Crippen molar-refractivity contribution in [2.75, 3.05) is 31.1 Å². The van der Waals surface area contributed by atoms with Gasteiger partial charge in [-0.3, -0.25) is 4.79 Å². The zero-order valence-electron chi connectivity index (χ0n) is 15.0. The Labute approximate surface area is 149 Å². The van der Waals surface area contributed by atoms with E-state index in [2.05, 4.69) is 21.7 Å². The molecule has 0 radical (unpaired) electrons. The van der Waals surface area contributed by atoms with Gasteiger partial charge in [0.05, 0.1) is 0 Å². The summed E-state index contributed by atoms with van der Waals surface area (Å²) in [5, 5.41) is 0. The number of carbonyl (C=O) groups is 1. The quantitative estimate of drug-likeness (QED) is 0.804. The van der Waals surface area contributed by atoms with Crippen LogP contribution in [0.1, 0.15) is 39.0 Å². The molecule has 25 heavy (non-hydrogen) atoms. The first kappa shape index (κ1) is 16.4. The number of aromatic nitrogens is 1. The molecule has 0 N–H and O–H groups in total. The van der Waals surface area contributed by atoms with Crippen molar-refractivity contribution in [3.05, 3.63) is 24.3 Å². The third-order valence-corrected chi connectivity index (χ3v) is 5.38. The summed E-state index contributed by atoms with van der Waals surface area (Å²) in [5.74, 6) is 1.28. The van der Waals surface area contributed by atoms with Crippen LogP contribution in [0.4, 0.5) is 6.01 Å². The fraction of sp³-hybridized carbons (Fsp3) is 0.600. The van der Waals surface area contributed by atoms with Crippen LogP contribution in [0.5, 0.6) is 0 Å². The topological polar surface area (TPSA) is 49.6 Å². The van der Waals surface area contributed by atoms with E-state index in [4.69, 9.17) is 4.42 Å². The number of rotatable bonds is 6. The molecule has 2 aliphatic rings. The Morgan fingerprint density at radius 3 is 2.68 bits per heavy atom. The lowest BCUT2D eigenvalue weighted by molar-refractivity contribution is -0.136. The number of oxazole rings is 1. The summed E-state index contributed by atoms with van der Waals surface area (Å²) in [6.07, 6.45) is 5.42. The summed E-state index contributed by atoms with van der Waals surface area (Å²) >= 11 is 0. The van der Waals surface area contributed by atoms with E-state index in [0.717, 1.165) is 62.5 Å². The van der Waals surface area contributed by atoms with Gasteiger partial charge in [-0.25, -0.2) is 0 Å². The monoisotopic (exact) mass is 341 g/mol. The Balaban J connectivity index is 1.37. The SMILES string of the molecule is CCCN(CC1CC1)C(=O)C1CCN(c2nc3ccccc3o2)CC1. The third kappa shape index (κ3) is 3.65. The van der Waals surface area contributed by atoms with Crippen molar-refractivity contribution in [1.82, 2.24) is 9.88 Å². The Hall–Kier alpha value is -2.04. The molecule has 0 spiro atoms. The first-order valence-electron chi connectivity index (χ1n) is 9.64. The van der Waals surface area contributed by atoms with Gasteiger partial charge in [0.15, 0.2) is 5.58 Å². The molecule has 0 atom stereocenters. The number of nitrogens with zero attached hydrogens (tertiary/aromatic N) is 3. The second-order valence-electron chi connectivity index (χ2n) is 7.45. The molecule has 1 aromatic heterocycles. The van der Waals surface area contributed by atoms with Gasteiger partial charge >= 0.3 is 0 Å². The summed E-state index contributed by atoms with van der Waals surface area (Å²) in [6, 6.07) is 8.55. The Bertz CT molecular complexity index is 696. The Morgan fingerprint density at radius 2 is 2.00 bits per heavy atom. The van der Waals surface area contributed by atoms with Gasteiger partial charge in [-0.1, -0.05) is 19.1 Å². The predicted octanol–water partition coefficient (Wildman–Crippen LogP) is 3.69. The number of para-hydroxylation sites is 2. The van der Waals surface area contributed by atoms with Gasteiger partial charge in [0.1, 0.15) is 5.52 Å². The van der Waals surface area contributed by atoms with Crippen LogP contribution < -0.4 is 4.90 Å². The van der Waals surface area contributed by atoms with Crippen molar-refractivity contribution in [2.24, 2.45) is 11.8 Å². The van der Waals surface area contributed by atoms with Crippen molar-refractivity contribution in [3.8, 4) is 0 Å². The number of amides is 1. The zero-order valence-corrected chi connectivity index (χ0v) is 15.0. The minimum atomic E-state index is 0.158. The van der Waals surface area contributed by atoms with Gasteiger partial charge in [-0.15, -0.1) is 0 Å². The van der Waals surface area contributed by atoms with Gasteiger partial charge in [-0.2, -0.15) is 4.98 Å². The largest absolute Gasteiger partial charge is 0.423 e. The van der Waals surface area contributed by atoms with E-state index in [0.29, 0.717) is 11.9 Å². The molecule has 1 saturated heterocycles. The van der Waals surface area contributed by atoms with Crippen LogP contribution in [-0.4, -0.2) is 42.0 Å². The molecule has 2 fully saturated rings. The highest BCUT2D eigenvalue weighted by Crippen LogP contribution is 2.31. The van der Waals surface area contributed by atoms with Crippen molar-refractivity contribution in [2.45, 2.75) is 39.0 Å². The van der Waals surface area contributed by atoms with Gasteiger partial charge < -0.3 is 14.2 Å². The van der Waals surface area contributed by atoms with Crippen LogP contribution in [0.25, 0.3) is 11.1 Å². The maximum Gasteiger partial charge on any atom is 0.298 e. The van der Waals surface area contributed by atoms with Gasteiger partial charge in [0, 0.05) is 32.1 Å². The molecule has 134 valence electrons. The Kier molecular flexibility index (Phi) is 4.64. The lowest BCUT2D eigenvalue weighted by atomic mass is 9.95. The molecule has 1 aliphatic carbocycles. The van der Waals surface area contributed by atoms with Crippen LogP contribution in [0.2, 0.25) is 0 Å². The maximum atomic E-state index is 12.9. The van der Waals surface area contributed by atoms with Crippen LogP contribution in [0.15, 0.2) is 28.7 Å². The molecule has 1 saturated carbocycles. The van der Waals surface area contributed by atoms with Crippen LogP contribution >= 0.6 is 0 Å². The van der Waals surface area contributed by atoms with Gasteiger partial charge in [0.2, 0.25) is 5.91 Å². The highest BCUT2D eigenvalue weighted by atomic mass is 16.4. The zero-order chi connectivity index (χ0) is 17.2. The first-order valence-corrected chi connectivity index (χ1v) is 9.64. The molecule has 5 nitrogen and oxygen atoms in total. The van der Waals surface area contributed by atoms with Crippen molar-refractivity contribution in [1.29, 1.82) is 0 Å². The van der Waals surface area contributed by atoms with E-state index in [9.17, 15) is 4.79 Å². The number of piperidine rings is 1. The number of hydrogen-bond acceptors (Lipinski definition) is 4. The molecular weight excluding hydrogens is 314 g/mol. The maximum absolute atomic E-state index is 12.9. The highest BCUT2D eigenvalue weighted by molar-refractivity contribution is 5.79. The average molecular weight is 341 g/mol. The second kappa shape index (κ2) is 7.06. The summed E-state index contributed by atoms with van der Waals surface area (Å²) in [6.45, 7) is 5.71. The molecule has 1 amide bonds. The van der Waals surface area contributed by atoms with E-state index >= 15 is 0 Å². The highest BCUT2D eigenvalue weighted by Gasteiger charge is 2.32. The number of carbonyl (C=O) groups excluding carboxylic acids is 1. The smallest absolute Gasteiger partial charge is 0.298 e. The number of fused-ring (bicyclic) bond motifs is 1. The standard InChI is InChI=1S/C20H27N3O2/c1-2-11-23(14-15-7-8-15)19(24)16-9-12-22(13-10-16)20-21-17-5-3-4-6-18(17)25-20/h3-6,15-16H,2,7-14H2,1H3. The number of hydrogen-bond donors (Lipinski definition) is 0.